The van der Waals surface area contributed by atoms with Gasteiger partial charge in [-0.05, 0) is 24.3 Å². The maximum Gasteiger partial charge on any atom is 0.296 e. The average molecular weight is 676 g/mol. The Balaban J connectivity index is 2.26. The van der Waals surface area contributed by atoms with Crippen LogP contribution >= 0.6 is 12.3 Å². The van der Waals surface area contributed by atoms with Crippen LogP contribution in [0, 0.1) is 0 Å². The van der Waals surface area contributed by atoms with Crippen LogP contribution in [0.4, 0.5) is 17.1 Å². The Bertz CT molecular complexity index is 1910. The number of nitrogen functional groups attached to an aromatic ring is 1. The fourth-order valence-corrected chi connectivity index (χ4v) is 7.04. The normalized spacial score (nSPS) is 13.3. The number of hydrogen-bond acceptors (Lipinski definition) is 16. The second-order valence-corrected chi connectivity index (χ2v) is 14.4. The van der Waals surface area contributed by atoms with Crippen molar-refractivity contribution in [2.24, 2.45) is 10.2 Å². The van der Waals surface area contributed by atoms with Crippen molar-refractivity contribution >= 4 is 80.3 Å². The maximum atomic E-state index is 12.7. The van der Waals surface area contributed by atoms with Gasteiger partial charge < -0.3 is 5.73 Å². The largest absolute Gasteiger partial charge is 0.397 e. The lowest BCUT2D eigenvalue weighted by atomic mass is 10.1. The van der Waals surface area contributed by atoms with Gasteiger partial charge in [0.2, 0.25) is 0 Å². The Morgan fingerprint density at radius 1 is 0.756 bits per heavy atom. The fraction of sp³-hybridized carbons (Fsp3) is 0.111. The molecule has 0 unspecified atom stereocenters. The van der Waals surface area contributed by atoms with E-state index in [4.69, 9.17) is 11.0 Å². The molecule has 0 aliphatic rings. The second-order valence-electron chi connectivity index (χ2n) is 7.60. The SMILES string of the molecule is Nc1ccc2c(S(=O)(=O)O)cccc2c1/N=N/c1c(S(=O)(=O)O)cc(S(=O)(=O)CCOSOOO)cc1S(=O)(=O)O. The number of nitrogens with two attached hydrogens (primary N) is 1. The smallest absolute Gasteiger partial charge is 0.296 e. The Labute approximate surface area is 236 Å². The minimum absolute atomic E-state index is 0.0216. The summed E-state index contributed by atoms with van der Waals surface area (Å²) in [5.74, 6) is -0.922. The number of rotatable bonds is 12. The molecule has 0 heterocycles. The van der Waals surface area contributed by atoms with Gasteiger partial charge in [0, 0.05) is 10.8 Å². The summed E-state index contributed by atoms with van der Waals surface area (Å²) in [5, 5.41) is 18.3. The Morgan fingerprint density at radius 3 is 1.85 bits per heavy atom. The molecule has 0 spiro atoms. The molecule has 3 rings (SSSR count). The summed E-state index contributed by atoms with van der Waals surface area (Å²) in [7, 11) is -20.2. The van der Waals surface area contributed by atoms with Crippen molar-refractivity contribution in [1.82, 2.24) is 0 Å². The molecule has 41 heavy (non-hydrogen) atoms. The van der Waals surface area contributed by atoms with E-state index in [1.807, 2.05) is 0 Å². The first-order valence-corrected chi connectivity index (χ1v) is 16.8. The van der Waals surface area contributed by atoms with Crippen LogP contribution in [0.25, 0.3) is 10.8 Å². The van der Waals surface area contributed by atoms with Gasteiger partial charge in [0.15, 0.2) is 22.2 Å². The number of sulfone groups is 1. The summed E-state index contributed by atoms with van der Waals surface area (Å²) in [5.41, 5.74) is 4.12. The molecule has 3 aromatic carbocycles. The van der Waals surface area contributed by atoms with Gasteiger partial charge in [-0.1, -0.05) is 23.2 Å². The zero-order chi connectivity index (χ0) is 30.8. The predicted molar refractivity (Wildman–Crippen MR) is 139 cm³/mol. The third-order valence-corrected chi connectivity index (χ3v) is 9.71. The zero-order valence-corrected chi connectivity index (χ0v) is 23.8. The van der Waals surface area contributed by atoms with Gasteiger partial charge in [-0.2, -0.15) is 25.3 Å². The van der Waals surface area contributed by atoms with Crippen LogP contribution < -0.4 is 5.73 Å². The van der Waals surface area contributed by atoms with Gasteiger partial charge in [-0.3, -0.25) is 17.8 Å². The van der Waals surface area contributed by atoms with E-state index in [0.717, 1.165) is 12.1 Å². The van der Waals surface area contributed by atoms with Gasteiger partial charge in [0.1, 0.15) is 26.1 Å². The number of nitrogens with zero attached hydrogens (tertiary/aromatic N) is 2. The molecular formula is C18H17N3O15S5. The molecule has 0 aromatic heterocycles. The predicted octanol–water partition coefficient (Wildman–Crippen LogP) is 2.35. The highest BCUT2D eigenvalue weighted by Gasteiger charge is 2.30. The molecular weight excluding hydrogens is 659 g/mol. The summed E-state index contributed by atoms with van der Waals surface area (Å²) in [6, 6.07) is 6.58. The van der Waals surface area contributed by atoms with E-state index >= 15 is 0 Å². The molecule has 224 valence electrons. The summed E-state index contributed by atoms with van der Waals surface area (Å²) in [6.45, 7) is -0.661. The molecule has 18 nitrogen and oxygen atoms in total. The third kappa shape index (κ3) is 7.73. The first kappa shape index (κ1) is 32.7. The Hall–Kier alpha value is -2.81. The lowest BCUT2D eigenvalue weighted by Crippen LogP contribution is -2.14. The highest BCUT2D eigenvalue weighted by molar-refractivity contribution is 7.92. The number of hydrogen-bond donors (Lipinski definition) is 5. The quantitative estimate of drug-likeness (QED) is 0.0350. The minimum Gasteiger partial charge on any atom is -0.397 e. The van der Waals surface area contributed by atoms with Crippen molar-refractivity contribution < 1.29 is 66.1 Å². The van der Waals surface area contributed by atoms with E-state index in [-0.39, 0.29) is 34.5 Å². The van der Waals surface area contributed by atoms with Gasteiger partial charge >= 0.3 is 0 Å². The second kappa shape index (κ2) is 12.2. The van der Waals surface area contributed by atoms with Crippen LogP contribution in [0.5, 0.6) is 0 Å². The summed E-state index contributed by atoms with van der Waals surface area (Å²) >= 11 is 0.0216. The zero-order valence-electron chi connectivity index (χ0n) is 19.7. The van der Waals surface area contributed by atoms with Crippen LogP contribution in [-0.4, -0.2) is 64.9 Å². The Kier molecular flexibility index (Phi) is 9.73. The van der Waals surface area contributed by atoms with Crippen LogP contribution in [0.3, 0.4) is 0 Å². The van der Waals surface area contributed by atoms with Crippen molar-refractivity contribution in [3.63, 3.8) is 0 Å². The van der Waals surface area contributed by atoms with E-state index in [9.17, 15) is 47.3 Å². The minimum atomic E-state index is -5.45. The molecule has 0 saturated heterocycles. The van der Waals surface area contributed by atoms with Crippen molar-refractivity contribution in [3.05, 3.63) is 42.5 Å². The van der Waals surface area contributed by atoms with Crippen molar-refractivity contribution in [2.45, 2.75) is 19.6 Å². The van der Waals surface area contributed by atoms with E-state index in [1.54, 1.807) is 0 Å². The first-order valence-electron chi connectivity index (χ1n) is 10.2. The molecule has 0 saturated carbocycles. The van der Waals surface area contributed by atoms with Gasteiger partial charge in [-0.15, -0.1) is 14.6 Å². The molecule has 6 N–H and O–H groups in total. The van der Waals surface area contributed by atoms with Crippen LogP contribution in [0.15, 0.2) is 72.3 Å². The van der Waals surface area contributed by atoms with Gasteiger partial charge in [0.25, 0.3) is 30.4 Å². The highest BCUT2D eigenvalue weighted by atomic mass is 32.2. The maximum absolute atomic E-state index is 12.7. The number of fused-ring (bicyclic) bond motifs is 1. The van der Waals surface area contributed by atoms with Crippen molar-refractivity contribution in [3.8, 4) is 0 Å². The molecule has 23 heteroatoms. The standard InChI is InChI=1S/C18H17N3O15S5/c19-13-5-4-11-12(2-1-3-14(11)39(25,26)27)17(13)20-21-18-15(40(28,29)30)8-10(9-16(18)41(31,32)33)38(23,24)7-6-34-37-36-35-22/h1-5,8-9,22H,6-7,19H2,(H,25,26,27)(H,28,29,30)(H,31,32,33)/b21-20+. The van der Waals surface area contributed by atoms with Crippen LogP contribution in [0.2, 0.25) is 0 Å². The molecule has 3 aromatic rings. The van der Waals surface area contributed by atoms with E-state index in [0.29, 0.717) is 12.1 Å². The summed E-state index contributed by atoms with van der Waals surface area (Å²) in [6.07, 6.45) is 0. The summed E-state index contributed by atoms with van der Waals surface area (Å²) in [4.78, 5) is -4.37. The molecule has 0 bridgehead atoms. The van der Waals surface area contributed by atoms with E-state index in [2.05, 4.69) is 23.8 Å². The average Bonchev–Trinajstić information content (AvgIpc) is 2.85. The lowest BCUT2D eigenvalue weighted by molar-refractivity contribution is -0.434. The van der Waals surface area contributed by atoms with Crippen molar-refractivity contribution in [2.75, 3.05) is 18.1 Å². The number of benzene rings is 3. The molecule has 0 atom stereocenters. The summed E-state index contributed by atoms with van der Waals surface area (Å²) < 4.78 is 135. The lowest BCUT2D eigenvalue weighted by Gasteiger charge is -2.12. The molecule has 0 radical (unpaired) electrons. The first-order chi connectivity index (χ1) is 18.9. The molecule has 0 fully saturated rings. The molecule has 0 amide bonds. The van der Waals surface area contributed by atoms with E-state index in [1.165, 1.54) is 18.2 Å². The highest BCUT2D eigenvalue weighted by Crippen LogP contribution is 2.40. The third-order valence-electron chi connectivity index (χ3n) is 5.02. The van der Waals surface area contributed by atoms with Crippen LogP contribution in [-0.2, 0) is 53.7 Å². The van der Waals surface area contributed by atoms with Gasteiger partial charge in [-0.25, -0.2) is 13.7 Å². The van der Waals surface area contributed by atoms with E-state index < -0.39 is 77.8 Å². The Morgan fingerprint density at radius 2 is 1.32 bits per heavy atom. The number of anilines is 1. The van der Waals surface area contributed by atoms with Gasteiger partial charge in [0.05, 0.1) is 22.9 Å². The number of azo groups is 1. The molecule has 0 aliphatic heterocycles. The topological polar surface area (TPSA) is 296 Å². The van der Waals surface area contributed by atoms with Crippen molar-refractivity contribution in [1.29, 1.82) is 0 Å². The fourth-order valence-electron chi connectivity index (χ4n) is 3.32. The van der Waals surface area contributed by atoms with Crippen LogP contribution in [0.1, 0.15) is 0 Å². The molecule has 0 aliphatic carbocycles. The monoisotopic (exact) mass is 675 g/mol.